The highest BCUT2D eigenvalue weighted by Gasteiger charge is 2.56. The molecule has 0 unspecified atom stereocenters. The van der Waals surface area contributed by atoms with E-state index in [1.165, 1.54) is 0 Å². The summed E-state index contributed by atoms with van der Waals surface area (Å²) < 4.78 is 11.7. The summed E-state index contributed by atoms with van der Waals surface area (Å²) in [4.78, 5) is 34.6. The van der Waals surface area contributed by atoms with Crippen molar-refractivity contribution in [2.24, 2.45) is 5.92 Å². The number of hydrogen-bond acceptors (Lipinski definition) is 4. The Morgan fingerprint density at radius 1 is 1.14 bits per heavy atom. The van der Waals surface area contributed by atoms with Crippen molar-refractivity contribution in [3.63, 3.8) is 0 Å². The molecule has 0 radical (unpaired) electrons. The van der Waals surface area contributed by atoms with Crippen LogP contribution < -0.4 is 9.47 Å². The smallest absolute Gasteiger partial charge is 0.254 e. The Morgan fingerprint density at radius 3 is 2.63 bits per heavy atom. The number of rotatable bonds is 6. The van der Waals surface area contributed by atoms with Gasteiger partial charge in [0.1, 0.15) is 0 Å². The molecule has 1 N–H and O–H groups in total. The van der Waals surface area contributed by atoms with Crippen molar-refractivity contribution >= 4 is 22.7 Å². The number of nitrogens with one attached hydrogen (secondary N) is 1. The second-order valence-corrected chi connectivity index (χ2v) is 9.98. The Balaban J connectivity index is 1.76. The molecule has 2 aliphatic heterocycles. The number of ether oxygens (including phenoxy) is 2. The quantitative estimate of drug-likeness (QED) is 0.578. The van der Waals surface area contributed by atoms with Crippen molar-refractivity contribution in [3.8, 4) is 11.5 Å². The van der Waals surface area contributed by atoms with E-state index in [0.717, 1.165) is 27.7 Å². The summed E-state index contributed by atoms with van der Waals surface area (Å²) in [6.07, 6.45) is 0. The molecule has 7 heteroatoms. The standard InChI is InChI=1S/C28H33N3O4/c1-6-35-25-18(11-9-13-22(25)34-5)20-15-31-23(32)16-30(14-17(2)3)27(33)28(31,4)26-24(20)19-10-7-8-12-21(19)29-26/h7-13,17,20,29H,6,14-16H2,1-5H3/t20-,28-/m0/s1. The Hall–Kier alpha value is -3.48. The fourth-order valence-corrected chi connectivity index (χ4v) is 5.81. The van der Waals surface area contributed by atoms with Crippen LogP contribution in [0.5, 0.6) is 11.5 Å². The van der Waals surface area contributed by atoms with Gasteiger partial charge in [-0.15, -0.1) is 0 Å². The number of fused-ring (bicyclic) bond motifs is 5. The van der Waals surface area contributed by atoms with Crippen LogP contribution in [0.25, 0.3) is 10.9 Å². The van der Waals surface area contributed by atoms with Gasteiger partial charge in [-0.3, -0.25) is 9.59 Å². The zero-order chi connectivity index (χ0) is 24.9. The zero-order valence-electron chi connectivity index (χ0n) is 21.1. The van der Waals surface area contributed by atoms with E-state index in [-0.39, 0.29) is 30.2 Å². The van der Waals surface area contributed by atoms with E-state index in [2.05, 4.69) is 24.9 Å². The lowest BCUT2D eigenvalue weighted by Gasteiger charge is -2.51. The number of aromatic amines is 1. The van der Waals surface area contributed by atoms with E-state index in [1.54, 1.807) is 16.9 Å². The van der Waals surface area contributed by atoms with Crippen LogP contribution in [0.2, 0.25) is 0 Å². The van der Waals surface area contributed by atoms with Crippen LogP contribution in [0, 0.1) is 5.92 Å². The van der Waals surface area contributed by atoms with E-state index < -0.39 is 5.54 Å². The van der Waals surface area contributed by atoms with E-state index in [0.29, 0.717) is 31.2 Å². The van der Waals surface area contributed by atoms with Crippen LogP contribution in [-0.2, 0) is 15.1 Å². The minimum Gasteiger partial charge on any atom is -0.493 e. The number of hydrogen-bond donors (Lipinski definition) is 1. The molecule has 2 amide bonds. The second-order valence-electron chi connectivity index (χ2n) is 9.98. The van der Waals surface area contributed by atoms with Gasteiger partial charge in [-0.1, -0.05) is 44.2 Å². The number of piperazine rings is 1. The molecule has 184 valence electrons. The Kier molecular flexibility index (Phi) is 5.74. The van der Waals surface area contributed by atoms with Gasteiger partial charge in [0, 0.05) is 35.5 Å². The lowest BCUT2D eigenvalue weighted by Crippen LogP contribution is -2.67. The molecule has 2 aromatic carbocycles. The van der Waals surface area contributed by atoms with Gasteiger partial charge in [0.15, 0.2) is 17.0 Å². The molecule has 1 saturated heterocycles. The monoisotopic (exact) mass is 475 g/mol. The Bertz CT molecular complexity index is 1300. The molecule has 3 aromatic rings. The van der Waals surface area contributed by atoms with Gasteiger partial charge in [-0.05, 0) is 37.5 Å². The van der Waals surface area contributed by atoms with Crippen LogP contribution in [0.4, 0.5) is 0 Å². The summed E-state index contributed by atoms with van der Waals surface area (Å²) in [6.45, 7) is 9.50. The normalized spacial score (nSPS) is 21.9. The SMILES string of the molecule is CCOc1c(OC)cccc1[C@@H]1CN2C(=O)CN(CC(C)C)C(=O)[C@]2(C)c2[nH]c3ccccc3c21. The Labute approximate surface area is 206 Å². The van der Waals surface area contributed by atoms with Crippen molar-refractivity contribution in [1.82, 2.24) is 14.8 Å². The van der Waals surface area contributed by atoms with Crippen LogP contribution in [0.1, 0.15) is 50.4 Å². The molecule has 0 spiro atoms. The summed E-state index contributed by atoms with van der Waals surface area (Å²) in [5.41, 5.74) is 2.63. The van der Waals surface area contributed by atoms with Crippen molar-refractivity contribution in [3.05, 3.63) is 59.3 Å². The predicted octanol–water partition coefficient (Wildman–Crippen LogP) is 4.26. The van der Waals surface area contributed by atoms with Crippen LogP contribution in [-0.4, -0.2) is 59.9 Å². The molecule has 3 heterocycles. The highest BCUT2D eigenvalue weighted by atomic mass is 16.5. The number of para-hydroxylation sites is 2. The molecule has 5 rings (SSSR count). The maximum atomic E-state index is 14.0. The van der Waals surface area contributed by atoms with Gasteiger partial charge in [-0.2, -0.15) is 0 Å². The number of carbonyl (C=O) groups is 2. The third-order valence-electron chi connectivity index (χ3n) is 7.30. The van der Waals surface area contributed by atoms with Crippen molar-refractivity contribution < 1.29 is 19.1 Å². The maximum absolute atomic E-state index is 14.0. The lowest BCUT2D eigenvalue weighted by molar-refractivity contribution is -0.166. The number of methoxy groups -OCH3 is 1. The molecule has 0 bridgehead atoms. The summed E-state index contributed by atoms with van der Waals surface area (Å²) >= 11 is 0. The molecule has 2 aliphatic rings. The minimum atomic E-state index is -1.10. The van der Waals surface area contributed by atoms with Crippen molar-refractivity contribution in [1.29, 1.82) is 0 Å². The molecular formula is C28H33N3O4. The fraction of sp³-hybridized carbons (Fsp3) is 0.429. The number of carbonyl (C=O) groups excluding carboxylic acids is 2. The largest absolute Gasteiger partial charge is 0.493 e. The van der Waals surface area contributed by atoms with E-state index in [1.807, 2.05) is 50.2 Å². The Morgan fingerprint density at radius 2 is 1.91 bits per heavy atom. The molecule has 7 nitrogen and oxygen atoms in total. The molecule has 1 aromatic heterocycles. The molecule has 0 aliphatic carbocycles. The number of nitrogens with zero attached hydrogens (tertiary/aromatic N) is 2. The second kappa shape index (κ2) is 8.63. The third kappa shape index (κ3) is 3.48. The topological polar surface area (TPSA) is 74.9 Å². The zero-order valence-corrected chi connectivity index (χ0v) is 21.1. The molecule has 0 saturated carbocycles. The first-order valence-electron chi connectivity index (χ1n) is 12.3. The summed E-state index contributed by atoms with van der Waals surface area (Å²) in [5.74, 6) is 1.35. The average molecular weight is 476 g/mol. The van der Waals surface area contributed by atoms with E-state index in [9.17, 15) is 9.59 Å². The number of H-pyrrole nitrogens is 1. The lowest BCUT2D eigenvalue weighted by atomic mass is 9.76. The number of benzene rings is 2. The van der Waals surface area contributed by atoms with Gasteiger partial charge in [0.25, 0.3) is 5.91 Å². The highest BCUT2D eigenvalue weighted by molar-refractivity contribution is 6.01. The first-order chi connectivity index (χ1) is 16.8. The summed E-state index contributed by atoms with van der Waals surface area (Å²) in [5, 5.41) is 1.06. The van der Waals surface area contributed by atoms with Gasteiger partial charge in [0.2, 0.25) is 5.91 Å². The fourth-order valence-electron chi connectivity index (χ4n) is 5.81. The van der Waals surface area contributed by atoms with Gasteiger partial charge >= 0.3 is 0 Å². The minimum absolute atomic E-state index is 0.0345. The van der Waals surface area contributed by atoms with Crippen molar-refractivity contribution in [2.75, 3.05) is 33.4 Å². The summed E-state index contributed by atoms with van der Waals surface area (Å²) in [7, 11) is 1.63. The van der Waals surface area contributed by atoms with Crippen LogP contribution in [0.15, 0.2) is 42.5 Å². The molecular weight excluding hydrogens is 442 g/mol. The first-order valence-corrected chi connectivity index (χ1v) is 12.3. The molecule has 35 heavy (non-hydrogen) atoms. The van der Waals surface area contributed by atoms with Crippen LogP contribution in [0.3, 0.4) is 0 Å². The van der Waals surface area contributed by atoms with E-state index >= 15 is 0 Å². The van der Waals surface area contributed by atoms with Gasteiger partial charge < -0.3 is 24.3 Å². The van der Waals surface area contributed by atoms with Crippen molar-refractivity contribution in [2.45, 2.75) is 39.2 Å². The number of aromatic nitrogens is 1. The van der Waals surface area contributed by atoms with Gasteiger partial charge in [0.05, 0.1) is 26.0 Å². The van der Waals surface area contributed by atoms with Crippen LogP contribution >= 0.6 is 0 Å². The average Bonchev–Trinajstić information content (AvgIpc) is 3.23. The van der Waals surface area contributed by atoms with Gasteiger partial charge in [-0.25, -0.2) is 0 Å². The summed E-state index contributed by atoms with van der Waals surface area (Å²) in [6, 6.07) is 14.0. The number of amides is 2. The maximum Gasteiger partial charge on any atom is 0.254 e. The molecule has 2 atom stereocenters. The molecule has 1 fully saturated rings. The third-order valence-corrected chi connectivity index (χ3v) is 7.30. The van der Waals surface area contributed by atoms with E-state index in [4.69, 9.17) is 9.47 Å². The highest BCUT2D eigenvalue weighted by Crippen LogP contribution is 2.50. The predicted molar refractivity (Wildman–Crippen MR) is 135 cm³/mol. The first kappa shape index (κ1) is 23.3.